The van der Waals surface area contributed by atoms with Gasteiger partial charge in [0.1, 0.15) is 0 Å². The maximum Gasteiger partial charge on any atom is 0.335 e. The van der Waals surface area contributed by atoms with Gasteiger partial charge in [-0.3, -0.25) is 4.79 Å². The highest BCUT2D eigenvalue weighted by atomic mass is 32.1. The predicted molar refractivity (Wildman–Crippen MR) is 91.3 cm³/mol. The molecule has 112 valence electrons. The quantitative estimate of drug-likeness (QED) is 0.677. The first-order valence-corrected chi connectivity index (χ1v) is 7.83. The van der Waals surface area contributed by atoms with Gasteiger partial charge in [-0.05, 0) is 41.3 Å². The van der Waals surface area contributed by atoms with Gasteiger partial charge in [-0.2, -0.15) is 0 Å². The van der Waals surface area contributed by atoms with Gasteiger partial charge in [0, 0.05) is 20.2 Å². The van der Waals surface area contributed by atoms with Crippen LogP contribution in [-0.4, -0.2) is 11.1 Å². The van der Waals surface area contributed by atoms with Crippen molar-refractivity contribution >= 4 is 37.5 Å². The number of hydrogen-bond donors (Lipinski definition) is 1. The van der Waals surface area contributed by atoms with Crippen molar-refractivity contribution in [2.75, 3.05) is 0 Å². The predicted octanol–water partition coefficient (Wildman–Crippen LogP) is 4.41. The maximum absolute atomic E-state index is 12.7. The zero-order valence-electron chi connectivity index (χ0n) is 12.6. The smallest absolute Gasteiger partial charge is 0.335 e. The van der Waals surface area contributed by atoms with Crippen molar-refractivity contribution in [2.24, 2.45) is 0 Å². The Bertz CT molecular complexity index is 962. The van der Waals surface area contributed by atoms with Crippen LogP contribution in [0, 0.1) is 0 Å². The molecular weight excluding hydrogens is 296 g/mol. The van der Waals surface area contributed by atoms with Gasteiger partial charge in [0.05, 0.1) is 5.56 Å². The van der Waals surface area contributed by atoms with Crippen molar-refractivity contribution < 1.29 is 9.90 Å². The molecule has 0 saturated carbocycles. The van der Waals surface area contributed by atoms with Crippen LogP contribution in [0.15, 0.2) is 41.2 Å². The highest BCUT2D eigenvalue weighted by Crippen LogP contribution is 2.29. The number of carboxylic acids is 1. The van der Waals surface area contributed by atoms with Crippen molar-refractivity contribution in [3.8, 4) is 0 Å². The standard InChI is InChI=1S/C18H16O3S/c1-18(2,3)11-5-7-14-13(9-11)16(19)12-6-4-10(17(20)21)8-15(12)22-14/h4-9H,1-3H3,(H,20,21). The molecule has 0 spiro atoms. The summed E-state index contributed by atoms with van der Waals surface area (Å²) in [6, 6.07) is 10.6. The molecule has 3 rings (SSSR count). The van der Waals surface area contributed by atoms with E-state index in [9.17, 15) is 9.59 Å². The fourth-order valence-corrected chi connectivity index (χ4v) is 3.55. The van der Waals surface area contributed by atoms with Crippen LogP contribution in [0.5, 0.6) is 0 Å². The molecule has 0 aliphatic rings. The summed E-state index contributed by atoms with van der Waals surface area (Å²) < 4.78 is 1.59. The van der Waals surface area contributed by atoms with Crippen LogP contribution in [0.3, 0.4) is 0 Å². The summed E-state index contributed by atoms with van der Waals surface area (Å²) in [5.74, 6) is -0.982. The van der Waals surface area contributed by atoms with E-state index in [1.807, 2.05) is 18.2 Å². The normalized spacial score (nSPS) is 12.0. The van der Waals surface area contributed by atoms with Crippen LogP contribution in [0.25, 0.3) is 20.2 Å². The van der Waals surface area contributed by atoms with E-state index in [2.05, 4.69) is 20.8 Å². The lowest BCUT2D eigenvalue weighted by Crippen LogP contribution is -2.12. The van der Waals surface area contributed by atoms with Gasteiger partial charge in [-0.1, -0.05) is 26.8 Å². The third-order valence-corrected chi connectivity index (χ3v) is 4.92. The van der Waals surface area contributed by atoms with Crippen LogP contribution in [0.1, 0.15) is 36.7 Å². The zero-order valence-corrected chi connectivity index (χ0v) is 13.5. The van der Waals surface area contributed by atoms with Gasteiger partial charge in [-0.15, -0.1) is 11.3 Å². The number of rotatable bonds is 1. The van der Waals surface area contributed by atoms with Crippen LogP contribution in [0.2, 0.25) is 0 Å². The minimum atomic E-state index is -0.982. The van der Waals surface area contributed by atoms with Gasteiger partial charge >= 0.3 is 5.97 Å². The molecular formula is C18H16O3S. The zero-order chi connectivity index (χ0) is 16.1. The molecule has 0 aliphatic carbocycles. The Morgan fingerprint density at radius 2 is 1.73 bits per heavy atom. The third-order valence-electron chi connectivity index (χ3n) is 3.78. The van der Waals surface area contributed by atoms with E-state index in [1.165, 1.54) is 17.4 Å². The molecule has 4 heteroatoms. The molecule has 1 aromatic heterocycles. The number of fused-ring (bicyclic) bond motifs is 2. The van der Waals surface area contributed by atoms with Crippen molar-refractivity contribution in [3.63, 3.8) is 0 Å². The fourth-order valence-electron chi connectivity index (χ4n) is 2.45. The summed E-state index contributed by atoms with van der Waals surface area (Å²) in [7, 11) is 0. The molecule has 0 aliphatic heterocycles. The van der Waals surface area contributed by atoms with Gasteiger partial charge in [0.25, 0.3) is 0 Å². The van der Waals surface area contributed by atoms with Gasteiger partial charge in [-0.25, -0.2) is 4.79 Å². The Labute approximate surface area is 131 Å². The van der Waals surface area contributed by atoms with E-state index in [0.717, 1.165) is 10.3 Å². The molecule has 0 radical (unpaired) electrons. The van der Waals surface area contributed by atoms with E-state index >= 15 is 0 Å². The first-order chi connectivity index (χ1) is 10.3. The fraction of sp³-hybridized carbons (Fsp3) is 0.222. The Balaban J connectivity index is 2.36. The van der Waals surface area contributed by atoms with Crippen LogP contribution in [-0.2, 0) is 5.41 Å². The summed E-state index contributed by atoms with van der Waals surface area (Å²) in [4.78, 5) is 23.8. The topological polar surface area (TPSA) is 54.4 Å². The van der Waals surface area contributed by atoms with Crippen LogP contribution >= 0.6 is 11.3 Å². The Morgan fingerprint density at radius 3 is 2.36 bits per heavy atom. The molecule has 0 atom stereocenters. The lowest BCUT2D eigenvalue weighted by Gasteiger charge is -2.19. The number of carboxylic acid groups (broad SMARTS) is 1. The lowest BCUT2D eigenvalue weighted by molar-refractivity contribution is 0.0697. The second-order valence-corrected chi connectivity index (χ2v) is 7.49. The Kier molecular flexibility index (Phi) is 3.29. The molecule has 0 amide bonds. The SMILES string of the molecule is CC(C)(C)c1ccc2sc3cc(C(=O)O)ccc3c(=O)c2c1. The molecule has 22 heavy (non-hydrogen) atoms. The summed E-state index contributed by atoms with van der Waals surface area (Å²) in [5, 5.41) is 10.4. The maximum atomic E-state index is 12.7. The minimum absolute atomic E-state index is 0.0204. The minimum Gasteiger partial charge on any atom is -0.478 e. The molecule has 2 aromatic carbocycles. The molecule has 0 saturated heterocycles. The van der Waals surface area contributed by atoms with Gasteiger partial charge < -0.3 is 5.11 Å². The molecule has 0 bridgehead atoms. The average Bonchev–Trinajstić information content (AvgIpc) is 2.45. The molecule has 1 N–H and O–H groups in total. The molecule has 3 nitrogen and oxygen atoms in total. The molecule has 0 fully saturated rings. The highest BCUT2D eigenvalue weighted by Gasteiger charge is 2.16. The van der Waals surface area contributed by atoms with Crippen LogP contribution < -0.4 is 5.43 Å². The monoisotopic (exact) mass is 312 g/mol. The Morgan fingerprint density at radius 1 is 1.00 bits per heavy atom. The second kappa shape index (κ2) is 4.92. The molecule has 0 unspecified atom stereocenters. The third kappa shape index (κ3) is 2.40. The van der Waals surface area contributed by atoms with Gasteiger partial charge in [0.2, 0.25) is 0 Å². The largest absolute Gasteiger partial charge is 0.478 e. The van der Waals surface area contributed by atoms with E-state index in [1.54, 1.807) is 12.1 Å². The van der Waals surface area contributed by atoms with Crippen molar-refractivity contribution in [1.29, 1.82) is 0 Å². The highest BCUT2D eigenvalue weighted by molar-refractivity contribution is 7.24. The summed E-state index contributed by atoms with van der Waals surface area (Å²) >= 11 is 1.45. The van der Waals surface area contributed by atoms with Crippen molar-refractivity contribution in [2.45, 2.75) is 26.2 Å². The average molecular weight is 312 g/mol. The first kappa shape index (κ1) is 14.7. The lowest BCUT2D eigenvalue weighted by atomic mass is 9.86. The number of hydrogen-bond acceptors (Lipinski definition) is 3. The second-order valence-electron chi connectivity index (χ2n) is 6.41. The Hall–Kier alpha value is -2.20. The van der Waals surface area contributed by atoms with E-state index in [4.69, 9.17) is 5.11 Å². The number of carbonyl (C=O) groups is 1. The first-order valence-electron chi connectivity index (χ1n) is 7.02. The van der Waals surface area contributed by atoms with E-state index in [-0.39, 0.29) is 16.4 Å². The summed E-state index contributed by atoms with van der Waals surface area (Å²) in [5.41, 5.74) is 1.26. The van der Waals surface area contributed by atoms with E-state index < -0.39 is 5.97 Å². The summed E-state index contributed by atoms with van der Waals surface area (Å²) in [6.45, 7) is 6.34. The number of aromatic carboxylic acids is 1. The van der Waals surface area contributed by atoms with Crippen LogP contribution in [0.4, 0.5) is 0 Å². The van der Waals surface area contributed by atoms with Crippen molar-refractivity contribution in [1.82, 2.24) is 0 Å². The van der Waals surface area contributed by atoms with E-state index in [0.29, 0.717) is 15.5 Å². The van der Waals surface area contributed by atoms with Crippen molar-refractivity contribution in [3.05, 3.63) is 57.7 Å². The molecule has 3 aromatic rings. The summed E-state index contributed by atoms with van der Waals surface area (Å²) in [6.07, 6.45) is 0. The number of benzene rings is 2. The molecule has 1 heterocycles. The van der Waals surface area contributed by atoms with Gasteiger partial charge in [0.15, 0.2) is 5.43 Å².